The van der Waals surface area contributed by atoms with Crippen LogP contribution in [0.2, 0.25) is 0 Å². The quantitative estimate of drug-likeness (QED) is 0.564. The van der Waals surface area contributed by atoms with Crippen molar-refractivity contribution in [3.05, 3.63) is 71.1 Å². The average Bonchev–Trinajstić information content (AvgIpc) is 3.33. The third-order valence-corrected chi connectivity index (χ3v) is 6.97. The molecule has 0 unspecified atom stereocenters. The van der Waals surface area contributed by atoms with Gasteiger partial charge in [-0.15, -0.1) is 11.3 Å². The molecule has 1 aliphatic heterocycles. The summed E-state index contributed by atoms with van der Waals surface area (Å²) in [4.78, 5) is 42.0. The van der Waals surface area contributed by atoms with Crippen LogP contribution in [0.1, 0.15) is 29.8 Å². The highest BCUT2D eigenvalue weighted by molar-refractivity contribution is 7.13. The Kier molecular flexibility index (Phi) is 5.95. The maximum atomic E-state index is 12.8. The summed E-state index contributed by atoms with van der Waals surface area (Å²) < 4.78 is 0. The first-order chi connectivity index (χ1) is 15.7. The van der Waals surface area contributed by atoms with Gasteiger partial charge in [0.05, 0.1) is 11.4 Å². The van der Waals surface area contributed by atoms with Gasteiger partial charge >= 0.3 is 0 Å². The first-order valence-corrected chi connectivity index (χ1v) is 11.4. The smallest absolute Gasteiger partial charge is 0.255 e. The maximum Gasteiger partial charge on any atom is 0.255 e. The van der Waals surface area contributed by atoms with Crippen LogP contribution in [0.3, 0.4) is 0 Å². The first-order valence-electron chi connectivity index (χ1n) is 10.6. The standard InChI is InChI=1S/C25H26N4O3S/c1-25(2)24(32)29(15-22(30)28(25)3)14-16-6-8-17(9-7-16)23(31)27-20-13-18(10-11-19(20)26)21-5-4-12-33-21/h4-13H,14-15,26H2,1-3H3,(H,27,31). The number of carbonyl (C=O) groups is 3. The Balaban J connectivity index is 1.46. The van der Waals surface area contributed by atoms with E-state index in [-0.39, 0.29) is 24.3 Å². The highest BCUT2D eigenvalue weighted by Gasteiger charge is 2.43. The summed E-state index contributed by atoms with van der Waals surface area (Å²) in [5.41, 5.74) is 8.53. The first kappa shape index (κ1) is 22.5. The predicted octanol–water partition coefficient (Wildman–Crippen LogP) is 3.83. The Bertz CT molecular complexity index is 1200. The van der Waals surface area contributed by atoms with Crippen molar-refractivity contribution in [3.8, 4) is 10.4 Å². The Morgan fingerprint density at radius 1 is 1.12 bits per heavy atom. The number of anilines is 2. The largest absolute Gasteiger partial charge is 0.397 e. The molecule has 3 aromatic rings. The molecule has 1 saturated heterocycles. The molecule has 1 aliphatic rings. The van der Waals surface area contributed by atoms with Crippen LogP contribution in [0.4, 0.5) is 11.4 Å². The van der Waals surface area contributed by atoms with Crippen molar-refractivity contribution in [2.45, 2.75) is 25.9 Å². The van der Waals surface area contributed by atoms with E-state index in [0.717, 1.165) is 16.0 Å². The zero-order chi connectivity index (χ0) is 23.8. The van der Waals surface area contributed by atoms with Gasteiger partial charge in [0.25, 0.3) is 5.91 Å². The van der Waals surface area contributed by atoms with E-state index in [1.165, 1.54) is 4.90 Å². The zero-order valence-electron chi connectivity index (χ0n) is 18.8. The van der Waals surface area contributed by atoms with Crippen molar-refractivity contribution >= 4 is 40.4 Å². The second-order valence-electron chi connectivity index (χ2n) is 8.60. The fraction of sp³-hybridized carbons (Fsp3) is 0.240. The molecule has 1 aromatic heterocycles. The second kappa shape index (κ2) is 8.71. The topological polar surface area (TPSA) is 95.7 Å². The molecule has 1 fully saturated rings. The number of piperazine rings is 1. The molecule has 0 bridgehead atoms. The highest BCUT2D eigenvalue weighted by Crippen LogP contribution is 2.30. The molecule has 0 aliphatic carbocycles. The third-order valence-electron chi connectivity index (χ3n) is 6.05. The molecule has 3 N–H and O–H groups in total. The van der Waals surface area contributed by atoms with Gasteiger partial charge in [-0.3, -0.25) is 14.4 Å². The van der Waals surface area contributed by atoms with Gasteiger partial charge in [0, 0.05) is 24.0 Å². The Morgan fingerprint density at radius 2 is 1.85 bits per heavy atom. The molecule has 2 heterocycles. The normalized spacial score (nSPS) is 15.6. The molecule has 0 atom stereocenters. The van der Waals surface area contributed by atoms with Crippen molar-refractivity contribution < 1.29 is 14.4 Å². The van der Waals surface area contributed by atoms with Crippen LogP contribution in [0, 0.1) is 0 Å². The molecule has 3 amide bonds. The van der Waals surface area contributed by atoms with E-state index >= 15 is 0 Å². The number of thiophene rings is 1. The monoisotopic (exact) mass is 462 g/mol. The predicted molar refractivity (Wildman–Crippen MR) is 131 cm³/mol. The van der Waals surface area contributed by atoms with Crippen LogP contribution in [0.15, 0.2) is 60.0 Å². The molecule has 0 saturated carbocycles. The molecule has 7 nitrogen and oxygen atoms in total. The average molecular weight is 463 g/mol. The van der Waals surface area contributed by atoms with E-state index in [9.17, 15) is 14.4 Å². The molecule has 170 valence electrons. The van der Waals surface area contributed by atoms with Crippen LogP contribution in [0.25, 0.3) is 10.4 Å². The molecular formula is C25H26N4O3S. The Labute approximate surface area is 196 Å². The van der Waals surface area contributed by atoms with Crippen LogP contribution in [-0.2, 0) is 16.1 Å². The summed E-state index contributed by atoms with van der Waals surface area (Å²) in [6.07, 6.45) is 0. The number of nitrogens with one attached hydrogen (secondary N) is 1. The Morgan fingerprint density at radius 3 is 2.52 bits per heavy atom. The molecule has 4 rings (SSSR count). The van der Waals surface area contributed by atoms with Crippen LogP contribution < -0.4 is 11.1 Å². The maximum absolute atomic E-state index is 12.8. The summed E-state index contributed by atoms with van der Waals surface area (Å²) >= 11 is 1.62. The number of benzene rings is 2. The number of amides is 3. The van der Waals surface area contributed by atoms with Crippen molar-refractivity contribution in [1.29, 1.82) is 0 Å². The van der Waals surface area contributed by atoms with Gasteiger partial charge in [-0.25, -0.2) is 0 Å². The molecule has 33 heavy (non-hydrogen) atoms. The summed E-state index contributed by atoms with van der Waals surface area (Å²) in [5, 5.41) is 4.88. The minimum absolute atomic E-state index is 0.0425. The number of nitrogens with two attached hydrogens (primary N) is 1. The number of hydrogen-bond acceptors (Lipinski definition) is 5. The van der Waals surface area contributed by atoms with Gasteiger partial charge < -0.3 is 20.9 Å². The number of carbonyl (C=O) groups excluding carboxylic acids is 3. The van der Waals surface area contributed by atoms with Crippen molar-refractivity contribution in [1.82, 2.24) is 9.80 Å². The molecular weight excluding hydrogens is 436 g/mol. The van der Waals surface area contributed by atoms with E-state index in [1.807, 2.05) is 29.6 Å². The summed E-state index contributed by atoms with van der Waals surface area (Å²) in [6.45, 7) is 3.83. The minimum Gasteiger partial charge on any atom is -0.397 e. The number of rotatable bonds is 5. The second-order valence-corrected chi connectivity index (χ2v) is 9.55. The third kappa shape index (κ3) is 4.47. The Hall–Kier alpha value is -3.65. The molecule has 0 radical (unpaired) electrons. The summed E-state index contributed by atoms with van der Waals surface area (Å²) in [7, 11) is 1.65. The highest BCUT2D eigenvalue weighted by atomic mass is 32.1. The van der Waals surface area contributed by atoms with Crippen molar-refractivity contribution in [2.75, 3.05) is 24.6 Å². The van der Waals surface area contributed by atoms with Gasteiger partial charge in [-0.05, 0) is 60.7 Å². The zero-order valence-corrected chi connectivity index (χ0v) is 19.6. The van der Waals surface area contributed by atoms with E-state index in [4.69, 9.17) is 5.73 Å². The van der Waals surface area contributed by atoms with E-state index < -0.39 is 5.54 Å². The lowest BCUT2D eigenvalue weighted by molar-refractivity contribution is -0.161. The molecule has 0 spiro atoms. The lowest BCUT2D eigenvalue weighted by atomic mass is 9.97. The van der Waals surface area contributed by atoms with Crippen LogP contribution >= 0.6 is 11.3 Å². The summed E-state index contributed by atoms with van der Waals surface area (Å²) in [6, 6.07) is 16.6. The minimum atomic E-state index is -0.882. The van der Waals surface area contributed by atoms with Gasteiger partial charge in [0.2, 0.25) is 11.8 Å². The lowest BCUT2D eigenvalue weighted by Gasteiger charge is -2.43. The summed E-state index contributed by atoms with van der Waals surface area (Å²) in [5.74, 6) is -0.478. The van der Waals surface area contributed by atoms with Crippen LogP contribution in [0.5, 0.6) is 0 Å². The fourth-order valence-corrected chi connectivity index (χ4v) is 4.47. The van der Waals surface area contributed by atoms with E-state index in [0.29, 0.717) is 23.5 Å². The fourth-order valence-electron chi connectivity index (χ4n) is 3.75. The van der Waals surface area contributed by atoms with Crippen molar-refractivity contribution in [2.24, 2.45) is 0 Å². The molecule has 2 aromatic carbocycles. The number of likely N-dealkylation sites (N-methyl/N-ethyl adjacent to an activating group) is 1. The van der Waals surface area contributed by atoms with Gasteiger partial charge in [-0.1, -0.05) is 24.3 Å². The van der Waals surface area contributed by atoms with Crippen molar-refractivity contribution in [3.63, 3.8) is 0 Å². The molecule has 8 heteroatoms. The number of hydrogen-bond donors (Lipinski definition) is 2. The van der Waals surface area contributed by atoms with Gasteiger partial charge in [-0.2, -0.15) is 0 Å². The SMILES string of the molecule is CN1C(=O)CN(Cc2ccc(C(=O)Nc3cc(-c4cccs4)ccc3N)cc2)C(=O)C1(C)C. The number of nitrogens with zero attached hydrogens (tertiary/aromatic N) is 2. The van der Waals surface area contributed by atoms with Crippen LogP contribution in [-0.4, -0.2) is 46.7 Å². The van der Waals surface area contributed by atoms with Gasteiger partial charge in [0.1, 0.15) is 12.1 Å². The van der Waals surface area contributed by atoms with E-state index in [1.54, 1.807) is 67.5 Å². The van der Waals surface area contributed by atoms with E-state index in [2.05, 4.69) is 5.32 Å². The number of nitrogen functional groups attached to an aromatic ring is 1. The van der Waals surface area contributed by atoms with Gasteiger partial charge in [0.15, 0.2) is 0 Å². The lowest BCUT2D eigenvalue weighted by Crippen LogP contribution is -2.63.